The number of piperidine rings is 1. The maximum atomic E-state index is 16.0. The summed E-state index contributed by atoms with van der Waals surface area (Å²) in [5, 5.41) is 10.2. The Labute approximate surface area is 649 Å². The number of alkyl halides is 4. The lowest BCUT2D eigenvalue weighted by Gasteiger charge is -2.43. The van der Waals surface area contributed by atoms with Crippen LogP contribution in [0.5, 0.6) is 0 Å². The molecule has 6 fully saturated rings. The second-order valence-electron chi connectivity index (χ2n) is 33.8. The number of likely N-dealkylation sites (tertiary alicyclic amines) is 1. The van der Waals surface area contributed by atoms with E-state index in [0.717, 1.165) is 64.5 Å². The normalized spacial score (nSPS) is 28.2. The molecule has 109 heavy (non-hydrogen) atoms. The summed E-state index contributed by atoms with van der Waals surface area (Å²) in [7, 11) is 11.2. The van der Waals surface area contributed by atoms with Gasteiger partial charge in [0.25, 0.3) is 0 Å². The first-order valence-corrected chi connectivity index (χ1v) is 40.4. The van der Waals surface area contributed by atoms with Crippen LogP contribution in [0.25, 0.3) is 0 Å². The largest absolute Gasteiger partial charge is 0.393 e. The van der Waals surface area contributed by atoms with Gasteiger partial charge in [-0.15, -0.1) is 11.6 Å². The average molecular weight is 1570 g/mol. The molecule has 4 aliphatic carbocycles. The van der Waals surface area contributed by atoms with E-state index in [2.05, 4.69) is 21.3 Å². The molecule has 0 radical (unpaired) electrons. The van der Waals surface area contributed by atoms with E-state index in [0.29, 0.717) is 70.9 Å². The first-order valence-electron chi connectivity index (χ1n) is 40.0. The van der Waals surface area contributed by atoms with Crippen LogP contribution in [0.2, 0.25) is 0 Å². The molecule has 2 saturated heterocycles. The number of carbonyl (C=O) groups is 13. The zero-order chi connectivity index (χ0) is 81.2. The zero-order valence-corrected chi connectivity index (χ0v) is 68.4. The molecule has 0 aromatic heterocycles. The second kappa shape index (κ2) is 41.1. The minimum atomic E-state index is -4.56. The van der Waals surface area contributed by atoms with Crippen molar-refractivity contribution in [1.29, 1.82) is 0 Å². The predicted octanol–water partition coefficient (Wildman–Crippen LogP) is 6.25. The van der Waals surface area contributed by atoms with Gasteiger partial charge in [-0.25, -0.2) is 0 Å². The van der Waals surface area contributed by atoms with Gasteiger partial charge in [0.2, 0.25) is 76.8 Å². The van der Waals surface area contributed by atoms with Crippen molar-refractivity contribution in [3.63, 3.8) is 0 Å². The highest BCUT2D eigenvalue weighted by Gasteiger charge is 2.52. The number of nitrogens with one attached hydrogen (secondary N) is 4. The van der Waals surface area contributed by atoms with Crippen molar-refractivity contribution in [2.45, 2.75) is 280 Å². The summed E-state index contributed by atoms with van der Waals surface area (Å²) in [5.41, 5.74) is -2.45. The molecule has 0 aromatic carbocycles. The Hall–Kier alpha value is -6.85. The molecule has 618 valence electrons. The fourth-order valence-corrected chi connectivity index (χ4v) is 17.3. The summed E-state index contributed by atoms with van der Waals surface area (Å²) < 4.78 is 48.4. The molecular formula is C78H129ClF3N13O14. The molecule has 3 unspecified atom stereocenters. The van der Waals surface area contributed by atoms with Crippen LogP contribution in [-0.4, -0.2) is 288 Å². The smallest absolute Gasteiger partial charge is 0.369 e. The summed E-state index contributed by atoms with van der Waals surface area (Å²) in [5.74, 6) is -12.4. The number of carbonyl (C=O) groups excluding carboxylic acids is 13. The number of likely N-dealkylation sites (N-methyl/N-ethyl adjacent to an activating group) is 8. The minimum absolute atomic E-state index is 0.0107. The summed E-state index contributed by atoms with van der Waals surface area (Å²) in [4.78, 5) is 206. The standard InChI is InChI=1S/C78H129ClF3N13O14/c1-16-50(4)66-73(106)89(10)45-64(99)87(8)46-65(100)91(12)58(42-51-28-20-17-21-29-51)71(104)88(9)44-61(96)83-56(35-33-52-32-34-54(55(79)41-52)78(80,81)82)70(103)93(14)60(47-109-48-62(97)85-76(5,6)7)69(102)86-77(36-24-25-37-77)75(108)94(15)67(53-30-22-18-23-31-53)74(107)92(13)59(72(105)95-38-26-19-27-39-95)43-63(98)90(11)57(40-49(2)3)68(101)84-66/h49-60,66-67H,16-48H2,1-15H3,(H,83,96)(H,84,101)(H,85,97)(H,86,102)/t50-,52?,54?,55?,56-,57-,58-,59-,60-,66-,67-/m0/s1. The van der Waals surface area contributed by atoms with Gasteiger partial charge in [-0.2, -0.15) is 13.2 Å². The van der Waals surface area contributed by atoms with Crippen LogP contribution in [0, 0.1) is 35.5 Å². The molecule has 31 heteroatoms. The fraction of sp³-hybridized carbons (Fsp3) is 0.833. The molecule has 27 nitrogen and oxygen atoms in total. The minimum Gasteiger partial charge on any atom is -0.369 e. The molecule has 6 rings (SSSR count). The topological polar surface area (TPSA) is 308 Å². The number of rotatable bonds is 15. The number of hydrogen-bond donors (Lipinski definition) is 4. The lowest BCUT2D eigenvalue weighted by molar-refractivity contribution is -0.182. The van der Waals surface area contributed by atoms with Gasteiger partial charge in [0.05, 0.1) is 38.6 Å². The van der Waals surface area contributed by atoms with Gasteiger partial charge < -0.3 is 70.1 Å². The molecule has 1 spiro atoms. The van der Waals surface area contributed by atoms with Crippen molar-refractivity contribution in [3.8, 4) is 0 Å². The molecule has 6 aliphatic rings. The zero-order valence-electron chi connectivity index (χ0n) is 67.7. The van der Waals surface area contributed by atoms with Gasteiger partial charge in [0.1, 0.15) is 54.4 Å². The van der Waals surface area contributed by atoms with Crippen LogP contribution in [-0.2, 0) is 67.1 Å². The summed E-state index contributed by atoms with van der Waals surface area (Å²) in [6.07, 6.45) is 5.83. The van der Waals surface area contributed by atoms with E-state index >= 15 is 28.8 Å². The van der Waals surface area contributed by atoms with E-state index in [-0.39, 0.29) is 69.6 Å². The lowest BCUT2D eigenvalue weighted by atomic mass is 9.78. The summed E-state index contributed by atoms with van der Waals surface area (Å²) >= 11 is 6.45. The third kappa shape index (κ3) is 25.3. The molecular weight excluding hydrogens is 1440 g/mol. The molecule has 11 atom stereocenters. The second-order valence-corrected chi connectivity index (χ2v) is 34.4. The molecule has 2 aliphatic heterocycles. The van der Waals surface area contributed by atoms with Crippen molar-refractivity contribution in [1.82, 2.24) is 65.4 Å². The number of amides is 13. The van der Waals surface area contributed by atoms with Crippen LogP contribution >= 0.6 is 11.6 Å². The molecule has 2 heterocycles. The van der Waals surface area contributed by atoms with E-state index < -0.39 is 205 Å². The maximum Gasteiger partial charge on any atom is 0.393 e. The van der Waals surface area contributed by atoms with E-state index in [1.54, 1.807) is 32.6 Å². The molecule has 0 bridgehead atoms. The van der Waals surface area contributed by atoms with Gasteiger partial charge in [-0.3, -0.25) is 62.3 Å². The first-order chi connectivity index (χ1) is 51.1. The highest BCUT2D eigenvalue weighted by molar-refractivity contribution is 6.21. The number of nitrogens with zero attached hydrogens (tertiary/aromatic N) is 9. The van der Waals surface area contributed by atoms with Gasteiger partial charge in [-0.05, 0) is 140 Å². The van der Waals surface area contributed by atoms with Crippen LogP contribution in [0.3, 0.4) is 0 Å². The molecule has 4 N–H and O–H groups in total. The lowest BCUT2D eigenvalue weighted by Crippen LogP contribution is -2.66. The Morgan fingerprint density at radius 2 is 1.17 bits per heavy atom. The monoisotopic (exact) mass is 1560 g/mol. The number of halogens is 4. The fourth-order valence-electron chi connectivity index (χ4n) is 16.8. The van der Waals surface area contributed by atoms with Gasteiger partial charge in [-0.1, -0.05) is 98.3 Å². The SMILES string of the molecule is CC[C@H](C)[C@@H]1NC(=O)[C@H](CC(C)C)N(C)C(=O)C[C@@H](C(=O)N2CCCCC2)N(C)C(=O)[C@H](C2CCCCC2)N(C)C(=O)C2(CCCC2)NC(=O)[C@H](COCC(=O)NC(C)(C)C)N(C)C(=O)[C@H](CCC2CCC(C(F)(F)F)C(Cl)C2)NC(=O)CN(C)C(=O)[C@H](CC2CCCCC2)N(C)C(=O)CN(C)C(=O)CN(C)C1=O. The van der Waals surface area contributed by atoms with Crippen LogP contribution in [0.4, 0.5) is 13.2 Å². The van der Waals surface area contributed by atoms with Gasteiger partial charge in [0.15, 0.2) is 0 Å². The highest BCUT2D eigenvalue weighted by atomic mass is 35.5. The maximum absolute atomic E-state index is 16.0. The van der Waals surface area contributed by atoms with Crippen molar-refractivity contribution in [2.24, 2.45) is 35.5 Å². The van der Waals surface area contributed by atoms with Crippen molar-refractivity contribution < 1.29 is 80.2 Å². The quantitative estimate of drug-likeness (QED) is 0.132. The third-order valence-corrected chi connectivity index (χ3v) is 24.2. The first kappa shape index (κ1) is 91.0. The Balaban J connectivity index is 1.49. The van der Waals surface area contributed by atoms with E-state index in [9.17, 15) is 46.7 Å². The summed E-state index contributed by atoms with van der Waals surface area (Å²) in [6, 6.07) is -9.49. The van der Waals surface area contributed by atoms with Crippen LogP contribution < -0.4 is 21.3 Å². The van der Waals surface area contributed by atoms with Crippen molar-refractivity contribution in [2.75, 3.05) is 102 Å². The number of ether oxygens (including phenoxy) is 1. The van der Waals surface area contributed by atoms with E-state index in [1.165, 1.54) is 76.0 Å². The van der Waals surface area contributed by atoms with Crippen molar-refractivity contribution >= 4 is 88.4 Å². The Bertz CT molecular complexity index is 3150. The highest BCUT2D eigenvalue weighted by Crippen LogP contribution is 2.44. The number of hydrogen-bond acceptors (Lipinski definition) is 14. The third-order valence-electron chi connectivity index (χ3n) is 23.8. The molecule has 4 saturated carbocycles. The Kier molecular flexibility index (Phi) is 34.3. The Morgan fingerprint density at radius 1 is 0.596 bits per heavy atom. The van der Waals surface area contributed by atoms with Crippen molar-refractivity contribution in [3.05, 3.63) is 0 Å². The summed E-state index contributed by atoms with van der Waals surface area (Å²) in [6.45, 7) is 10.3. The van der Waals surface area contributed by atoms with Gasteiger partial charge >= 0.3 is 6.18 Å². The van der Waals surface area contributed by atoms with E-state index in [1.807, 2.05) is 20.8 Å². The predicted molar refractivity (Wildman–Crippen MR) is 405 cm³/mol. The van der Waals surface area contributed by atoms with Crippen LogP contribution in [0.15, 0.2) is 0 Å². The molecule has 13 amide bonds. The Morgan fingerprint density at radius 3 is 1.75 bits per heavy atom. The molecule has 0 aromatic rings. The van der Waals surface area contributed by atoms with E-state index in [4.69, 9.17) is 16.3 Å². The van der Waals surface area contributed by atoms with Gasteiger partial charge in [0, 0.05) is 80.4 Å². The average Bonchev–Trinajstić information content (AvgIpc) is 1.58. The van der Waals surface area contributed by atoms with Crippen LogP contribution in [0.1, 0.15) is 215 Å².